The fraction of sp³-hybridized carbons (Fsp3) is 0.231. The first kappa shape index (κ1) is 21.4. The number of likely N-dealkylation sites (tertiary alicyclic amines) is 1. The van der Waals surface area contributed by atoms with Gasteiger partial charge < -0.3 is 14.8 Å². The van der Waals surface area contributed by atoms with E-state index in [4.69, 9.17) is 14.7 Å². The summed E-state index contributed by atoms with van der Waals surface area (Å²) in [4.78, 5) is 15.1. The van der Waals surface area contributed by atoms with E-state index in [0.29, 0.717) is 22.8 Å². The van der Waals surface area contributed by atoms with Crippen molar-refractivity contribution in [3.8, 4) is 23.3 Å². The summed E-state index contributed by atoms with van der Waals surface area (Å²) in [5.41, 5.74) is 2.44. The predicted molar refractivity (Wildman–Crippen MR) is 123 cm³/mol. The number of methoxy groups -OCH3 is 1. The van der Waals surface area contributed by atoms with Crippen molar-refractivity contribution in [2.45, 2.75) is 25.4 Å². The Morgan fingerprint density at radius 3 is 2.59 bits per heavy atom. The second-order valence-electron chi connectivity index (χ2n) is 7.71. The number of nitriles is 1. The molecule has 0 spiro atoms. The van der Waals surface area contributed by atoms with Crippen molar-refractivity contribution in [1.29, 1.82) is 5.26 Å². The highest BCUT2D eigenvalue weighted by Gasteiger charge is 2.30. The molecule has 0 aromatic heterocycles. The molecule has 1 aliphatic rings. The lowest BCUT2D eigenvalue weighted by molar-refractivity contribution is -0.120. The number of nitrogens with zero attached hydrogens (tertiary/aromatic N) is 2. The Morgan fingerprint density at radius 2 is 1.88 bits per heavy atom. The first-order valence-corrected chi connectivity index (χ1v) is 10.6. The van der Waals surface area contributed by atoms with Crippen molar-refractivity contribution in [2.75, 3.05) is 19.0 Å². The minimum Gasteiger partial charge on any atom is -0.493 e. The number of amides is 1. The molecule has 1 amide bonds. The Balaban J connectivity index is 1.38. The maximum atomic E-state index is 12.9. The van der Waals surface area contributed by atoms with Gasteiger partial charge in [-0.15, -0.1) is 0 Å². The third kappa shape index (κ3) is 5.08. The molecule has 0 bridgehead atoms. The quantitative estimate of drug-likeness (QED) is 0.577. The van der Waals surface area contributed by atoms with Crippen LogP contribution in [0.3, 0.4) is 0 Å². The Bertz CT molecular complexity index is 1110. The molecule has 4 rings (SSSR count). The minimum atomic E-state index is -0.131. The second kappa shape index (κ2) is 9.99. The molecule has 162 valence electrons. The van der Waals surface area contributed by atoms with Crippen LogP contribution in [0.25, 0.3) is 0 Å². The summed E-state index contributed by atoms with van der Waals surface area (Å²) in [6.07, 6.45) is 1.88. The average Bonchev–Trinajstić information content (AvgIpc) is 3.29. The summed E-state index contributed by atoms with van der Waals surface area (Å²) in [5, 5.41) is 12.1. The summed E-state index contributed by atoms with van der Waals surface area (Å²) < 4.78 is 11.2. The predicted octanol–water partition coefficient (Wildman–Crippen LogP) is 4.96. The van der Waals surface area contributed by atoms with Gasteiger partial charge in [-0.05, 0) is 61.3 Å². The Labute approximate surface area is 188 Å². The average molecular weight is 428 g/mol. The largest absolute Gasteiger partial charge is 0.493 e. The van der Waals surface area contributed by atoms with Crippen LogP contribution in [-0.4, -0.2) is 30.5 Å². The third-order valence-electron chi connectivity index (χ3n) is 5.54. The fourth-order valence-electron chi connectivity index (χ4n) is 3.91. The third-order valence-corrected chi connectivity index (χ3v) is 5.54. The molecule has 6 nitrogen and oxygen atoms in total. The van der Waals surface area contributed by atoms with Gasteiger partial charge in [0.1, 0.15) is 5.75 Å². The molecule has 0 radical (unpaired) electrons. The van der Waals surface area contributed by atoms with Crippen LogP contribution in [0.1, 0.15) is 24.0 Å². The Hall–Kier alpha value is -3.82. The van der Waals surface area contributed by atoms with Gasteiger partial charge in [-0.2, -0.15) is 5.26 Å². The number of hydrogen-bond donors (Lipinski definition) is 1. The van der Waals surface area contributed by atoms with Crippen LogP contribution < -0.4 is 14.8 Å². The van der Waals surface area contributed by atoms with Crippen molar-refractivity contribution in [3.05, 3.63) is 83.9 Å². The summed E-state index contributed by atoms with van der Waals surface area (Å²) in [5.74, 6) is 1.63. The second-order valence-corrected chi connectivity index (χ2v) is 7.71. The fourth-order valence-corrected chi connectivity index (χ4v) is 3.91. The van der Waals surface area contributed by atoms with Crippen LogP contribution in [0, 0.1) is 11.3 Å². The number of carbonyl (C=O) groups excluding carboxylic acids is 1. The molecule has 1 fully saturated rings. The number of rotatable bonds is 7. The Morgan fingerprint density at radius 1 is 1.09 bits per heavy atom. The first-order chi connectivity index (χ1) is 15.7. The van der Waals surface area contributed by atoms with Gasteiger partial charge in [-0.3, -0.25) is 9.69 Å². The highest BCUT2D eigenvalue weighted by molar-refractivity contribution is 5.95. The summed E-state index contributed by atoms with van der Waals surface area (Å²) in [6, 6.07) is 24.4. The van der Waals surface area contributed by atoms with Crippen molar-refractivity contribution in [2.24, 2.45) is 0 Å². The summed E-state index contributed by atoms with van der Waals surface area (Å²) in [7, 11) is 1.53. The van der Waals surface area contributed by atoms with Gasteiger partial charge in [0, 0.05) is 18.3 Å². The van der Waals surface area contributed by atoms with Crippen LogP contribution in [0.15, 0.2) is 72.8 Å². The maximum Gasteiger partial charge on any atom is 0.241 e. The zero-order valence-corrected chi connectivity index (χ0v) is 18.0. The molecular weight excluding hydrogens is 402 g/mol. The lowest BCUT2D eigenvalue weighted by atomic mass is 10.1. The molecule has 1 N–H and O–H groups in total. The molecule has 3 aromatic carbocycles. The summed E-state index contributed by atoms with van der Waals surface area (Å²) >= 11 is 0. The van der Waals surface area contributed by atoms with E-state index >= 15 is 0 Å². The smallest absolute Gasteiger partial charge is 0.241 e. The first-order valence-electron chi connectivity index (χ1n) is 10.6. The molecule has 3 aromatic rings. The normalized spacial score (nSPS) is 15.7. The lowest BCUT2D eigenvalue weighted by Gasteiger charge is -2.23. The van der Waals surface area contributed by atoms with Crippen molar-refractivity contribution < 1.29 is 14.3 Å². The Kier molecular flexibility index (Phi) is 6.69. The van der Waals surface area contributed by atoms with Gasteiger partial charge in [0.25, 0.3) is 0 Å². The van der Waals surface area contributed by atoms with Gasteiger partial charge >= 0.3 is 0 Å². The number of nitrogens with one attached hydrogen (secondary N) is 1. The van der Waals surface area contributed by atoms with Crippen LogP contribution in [0.4, 0.5) is 5.69 Å². The topological polar surface area (TPSA) is 74.6 Å². The monoisotopic (exact) mass is 427 g/mol. The van der Waals surface area contributed by atoms with E-state index < -0.39 is 0 Å². The van der Waals surface area contributed by atoms with E-state index in [1.54, 1.807) is 30.3 Å². The number of ether oxygens (including phenoxy) is 2. The van der Waals surface area contributed by atoms with Crippen molar-refractivity contribution >= 4 is 11.6 Å². The van der Waals surface area contributed by atoms with Crippen LogP contribution >= 0.6 is 0 Å². The van der Waals surface area contributed by atoms with E-state index in [0.717, 1.165) is 31.6 Å². The van der Waals surface area contributed by atoms with E-state index in [9.17, 15) is 4.79 Å². The molecule has 1 aliphatic heterocycles. The lowest BCUT2D eigenvalue weighted by Crippen LogP contribution is -2.39. The molecule has 1 atom stereocenters. The van der Waals surface area contributed by atoms with E-state index in [-0.39, 0.29) is 11.9 Å². The van der Waals surface area contributed by atoms with Gasteiger partial charge in [0.15, 0.2) is 11.5 Å². The highest BCUT2D eigenvalue weighted by Crippen LogP contribution is 2.32. The molecule has 32 heavy (non-hydrogen) atoms. The number of benzene rings is 3. The van der Waals surface area contributed by atoms with Gasteiger partial charge in [0.2, 0.25) is 5.91 Å². The van der Waals surface area contributed by atoms with E-state index in [2.05, 4.69) is 28.4 Å². The van der Waals surface area contributed by atoms with Gasteiger partial charge in [-0.1, -0.05) is 30.3 Å². The molecule has 6 heteroatoms. The molecular formula is C26H25N3O3. The molecule has 0 aliphatic carbocycles. The van der Waals surface area contributed by atoms with Crippen molar-refractivity contribution in [3.63, 3.8) is 0 Å². The molecule has 0 saturated carbocycles. The van der Waals surface area contributed by atoms with Gasteiger partial charge in [0.05, 0.1) is 24.8 Å². The zero-order chi connectivity index (χ0) is 22.3. The summed E-state index contributed by atoms with van der Waals surface area (Å²) in [6.45, 7) is 1.70. The number of anilines is 1. The standard InChI is InChI=1S/C26H25N3O3/c1-31-25-16-20(17-27)9-14-24(25)32-22-12-10-21(11-13-22)28-26(30)23-8-5-15-29(23)18-19-6-3-2-4-7-19/h2-4,6-7,9-14,16,23H,5,8,15,18H2,1H3,(H,28,30). The van der Waals surface area contributed by atoms with Crippen LogP contribution in [-0.2, 0) is 11.3 Å². The van der Waals surface area contributed by atoms with E-state index in [1.165, 1.54) is 12.7 Å². The maximum absolute atomic E-state index is 12.9. The molecule has 1 saturated heterocycles. The van der Waals surface area contributed by atoms with Crippen LogP contribution in [0.5, 0.6) is 17.2 Å². The SMILES string of the molecule is COc1cc(C#N)ccc1Oc1ccc(NC(=O)C2CCCN2Cc2ccccc2)cc1. The van der Waals surface area contributed by atoms with Crippen LogP contribution in [0.2, 0.25) is 0 Å². The molecule has 1 heterocycles. The number of hydrogen-bond acceptors (Lipinski definition) is 5. The minimum absolute atomic E-state index is 0.0147. The molecule has 1 unspecified atom stereocenters. The van der Waals surface area contributed by atoms with Gasteiger partial charge in [-0.25, -0.2) is 0 Å². The van der Waals surface area contributed by atoms with Crippen molar-refractivity contribution in [1.82, 2.24) is 4.90 Å². The number of carbonyl (C=O) groups is 1. The zero-order valence-electron chi connectivity index (χ0n) is 18.0. The highest BCUT2D eigenvalue weighted by atomic mass is 16.5. The van der Waals surface area contributed by atoms with E-state index in [1.807, 2.05) is 30.3 Å².